The lowest BCUT2D eigenvalue weighted by Gasteiger charge is -2.00. The number of nitrogens with zero attached hydrogens (tertiary/aromatic N) is 2. The molecule has 3 rings (SSSR count). The smallest absolute Gasteiger partial charge is 0.249 e. The van der Waals surface area contributed by atoms with Crippen molar-refractivity contribution in [2.45, 2.75) is 0 Å². The SMILES string of the molecule is O=C(C=Cc1ccco1)Nc1nonc1NC(=O)C=Cc1ccco1. The molecule has 0 fully saturated rings. The van der Waals surface area contributed by atoms with Crippen LogP contribution < -0.4 is 10.6 Å². The Morgan fingerprint density at radius 3 is 1.72 bits per heavy atom. The van der Waals surface area contributed by atoms with E-state index < -0.39 is 11.8 Å². The van der Waals surface area contributed by atoms with E-state index in [9.17, 15) is 9.59 Å². The van der Waals surface area contributed by atoms with Gasteiger partial charge in [-0.3, -0.25) is 9.59 Å². The predicted molar refractivity (Wildman–Crippen MR) is 87.0 cm³/mol. The number of anilines is 2. The Labute approximate surface area is 141 Å². The highest BCUT2D eigenvalue weighted by atomic mass is 16.6. The Balaban J connectivity index is 1.58. The molecule has 126 valence electrons. The lowest BCUT2D eigenvalue weighted by atomic mass is 10.3. The Kier molecular flexibility index (Phi) is 4.86. The van der Waals surface area contributed by atoms with Crippen LogP contribution in [0.15, 0.2) is 62.4 Å². The van der Waals surface area contributed by atoms with Crippen LogP contribution in [0.4, 0.5) is 11.6 Å². The quantitative estimate of drug-likeness (QED) is 0.661. The molecule has 0 bridgehead atoms. The number of amides is 2. The molecule has 0 saturated heterocycles. The van der Waals surface area contributed by atoms with Gasteiger partial charge in [0.25, 0.3) is 0 Å². The van der Waals surface area contributed by atoms with E-state index in [1.54, 1.807) is 24.3 Å². The Morgan fingerprint density at radius 2 is 1.32 bits per heavy atom. The zero-order valence-electron chi connectivity index (χ0n) is 12.7. The molecule has 9 nitrogen and oxygen atoms in total. The molecule has 0 spiro atoms. The minimum absolute atomic E-state index is 0.0196. The van der Waals surface area contributed by atoms with Gasteiger partial charge >= 0.3 is 0 Å². The first kappa shape index (κ1) is 16.0. The number of aromatic nitrogens is 2. The summed E-state index contributed by atoms with van der Waals surface area (Å²) in [7, 11) is 0. The van der Waals surface area contributed by atoms with Crippen LogP contribution in [0.1, 0.15) is 11.5 Å². The van der Waals surface area contributed by atoms with Crippen molar-refractivity contribution in [2.24, 2.45) is 0 Å². The highest BCUT2D eigenvalue weighted by molar-refractivity contribution is 6.06. The van der Waals surface area contributed by atoms with E-state index in [0.29, 0.717) is 11.5 Å². The van der Waals surface area contributed by atoms with Gasteiger partial charge in [0, 0.05) is 12.2 Å². The lowest BCUT2D eigenvalue weighted by molar-refractivity contribution is -0.112. The van der Waals surface area contributed by atoms with Crippen LogP contribution in [0, 0.1) is 0 Å². The lowest BCUT2D eigenvalue weighted by Crippen LogP contribution is -2.13. The van der Waals surface area contributed by atoms with Gasteiger partial charge in [-0.2, -0.15) is 0 Å². The summed E-state index contributed by atoms with van der Waals surface area (Å²) in [6.45, 7) is 0. The summed E-state index contributed by atoms with van der Waals surface area (Å²) in [5.74, 6) is 0.0141. The fraction of sp³-hybridized carbons (Fsp3) is 0. The number of hydrogen-bond acceptors (Lipinski definition) is 7. The summed E-state index contributed by atoms with van der Waals surface area (Å²) in [5, 5.41) is 11.9. The van der Waals surface area contributed by atoms with Crippen molar-refractivity contribution in [3.05, 3.63) is 60.5 Å². The number of rotatable bonds is 6. The molecule has 2 amide bonds. The summed E-state index contributed by atoms with van der Waals surface area (Å²) in [6.07, 6.45) is 8.43. The van der Waals surface area contributed by atoms with E-state index in [4.69, 9.17) is 8.83 Å². The van der Waals surface area contributed by atoms with Crippen LogP contribution in [-0.2, 0) is 9.59 Å². The summed E-state index contributed by atoms with van der Waals surface area (Å²) in [6, 6.07) is 6.78. The molecule has 3 aromatic rings. The summed E-state index contributed by atoms with van der Waals surface area (Å²) >= 11 is 0. The average molecular weight is 340 g/mol. The summed E-state index contributed by atoms with van der Waals surface area (Å²) in [5.41, 5.74) is 0. The topological polar surface area (TPSA) is 123 Å². The molecular formula is C16H12N4O5. The Hall–Kier alpha value is -3.88. The molecule has 0 radical (unpaired) electrons. The van der Waals surface area contributed by atoms with Crippen LogP contribution in [-0.4, -0.2) is 22.1 Å². The van der Waals surface area contributed by atoms with Gasteiger partial charge in [0.05, 0.1) is 12.5 Å². The molecule has 3 heterocycles. The molecule has 0 aromatic carbocycles. The second kappa shape index (κ2) is 7.59. The van der Waals surface area contributed by atoms with Gasteiger partial charge in [-0.05, 0) is 46.7 Å². The third-order valence-corrected chi connectivity index (χ3v) is 2.86. The third-order valence-electron chi connectivity index (χ3n) is 2.86. The number of carbonyl (C=O) groups is 2. The number of nitrogens with one attached hydrogen (secondary N) is 2. The van der Waals surface area contributed by atoms with Crippen molar-refractivity contribution >= 4 is 35.6 Å². The monoisotopic (exact) mass is 340 g/mol. The molecule has 0 unspecified atom stereocenters. The molecule has 25 heavy (non-hydrogen) atoms. The molecule has 0 saturated carbocycles. The molecular weight excluding hydrogens is 328 g/mol. The van der Waals surface area contributed by atoms with Crippen LogP contribution in [0.25, 0.3) is 12.2 Å². The molecule has 2 N–H and O–H groups in total. The van der Waals surface area contributed by atoms with E-state index in [1.165, 1.54) is 36.8 Å². The molecule has 3 aromatic heterocycles. The Morgan fingerprint density at radius 1 is 0.840 bits per heavy atom. The maximum absolute atomic E-state index is 11.8. The van der Waals surface area contributed by atoms with Crippen molar-refractivity contribution in [1.82, 2.24) is 10.3 Å². The van der Waals surface area contributed by atoms with E-state index in [1.807, 2.05) is 0 Å². The van der Waals surface area contributed by atoms with Gasteiger partial charge in [-0.15, -0.1) is 0 Å². The van der Waals surface area contributed by atoms with Crippen LogP contribution in [0.3, 0.4) is 0 Å². The minimum atomic E-state index is -0.492. The van der Waals surface area contributed by atoms with Gasteiger partial charge in [0.1, 0.15) is 11.5 Å². The van der Waals surface area contributed by atoms with E-state index >= 15 is 0 Å². The van der Waals surface area contributed by atoms with Crippen molar-refractivity contribution in [3.8, 4) is 0 Å². The van der Waals surface area contributed by atoms with Gasteiger partial charge in [-0.1, -0.05) is 0 Å². The fourth-order valence-electron chi connectivity index (χ4n) is 1.76. The van der Waals surface area contributed by atoms with E-state index in [2.05, 4.69) is 25.6 Å². The average Bonchev–Trinajstić information content (AvgIpc) is 3.35. The third kappa shape index (κ3) is 4.55. The maximum atomic E-state index is 11.8. The first-order valence-corrected chi connectivity index (χ1v) is 7.08. The predicted octanol–water partition coefficient (Wildman–Crippen LogP) is 2.56. The summed E-state index contributed by atoms with van der Waals surface area (Å²) in [4.78, 5) is 23.7. The highest BCUT2D eigenvalue weighted by Gasteiger charge is 2.13. The van der Waals surface area contributed by atoms with E-state index in [-0.39, 0.29) is 11.6 Å². The largest absolute Gasteiger partial charge is 0.465 e. The van der Waals surface area contributed by atoms with Crippen molar-refractivity contribution < 1.29 is 23.1 Å². The zero-order chi connectivity index (χ0) is 17.5. The van der Waals surface area contributed by atoms with Gasteiger partial charge in [0.2, 0.25) is 23.5 Å². The van der Waals surface area contributed by atoms with Crippen LogP contribution in [0.2, 0.25) is 0 Å². The number of carbonyl (C=O) groups excluding carboxylic acids is 2. The maximum Gasteiger partial charge on any atom is 0.249 e. The molecule has 0 aliphatic rings. The van der Waals surface area contributed by atoms with Crippen molar-refractivity contribution in [2.75, 3.05) is 10.6 Å². The van der Waals surface area contributed by atoms with Crippen molar-refractivity contribution in [1.29, 1.82) is 0 Å². The molecule has 0 aliphatic carbocycles. The van der Waals surface area contributed by atoms with Gasteiger partial charge in [0.15, 0.2) is 0 Å². The first-order valence-electron chi connectivity index (χ1n) is 7.08. The highest BCUT2D eigenvalue weighted by Crippen LogP contribution is 2.16. The molecule has 0 aliphatic heterocycles. The standard InChI is InChI=1S/C16H12N4O5/c21-13(7-5-11-3-1-9-23-11)17-15-16(20-25-19-15)18-14(22)8-6-12-4-2-10-24-12/h1-10H,(H,17,19,21)(H,18,20,22). The normalized spacial score (nSPS) is 11.2. The Bertz CT molecular complexity index is 818. The minimum Gasteiger partial charge on any atom is -0.465 e. The molecule has 0 atom stereocenters. The van der Waals surface area contributed by atoms with Crippen molar-refractivity contribution in [3.63, 3.8) is 0 Å². The first-order chi connectivity index (χ1) is 12.2. The second-order valence-corrected chi connectivity index (χ2v) is 4.64. The van der Waals surface area contributed by atoms with Crippen LogP contribution >= 0.6 is 0 Å². The number of furan rings is 2. The van der Waals surface area contributed by atoms with E-state index in [0.717, 1.165) is 0 Å². The van der Waals surface area contributed by atoms with Crippen LogP contribution in [0.5, 0.6) is 0 Å². The number of hydrogen-bond donors (Lipinski definition) is 2. The van der Waals surface area contributed by atoms with Gasteiger partial charge in [-0.25, -0.2) is 4.63 Å². The zero-order valence-corrected chi connectivity index (χ0v) is 12.7. The summed E-state index contributed by atoms with van der Waals surface area (Å²) < 4.78 is 14.7. The molecule has 9 heteroatoms. The second-order valence-electron chi connectivity index (χ2n) is 4.64. The fourth-order valence-corrected chi connectivity index (χ4v) is 1.76. The van der Waals surface area contributed by atoms with Gasteiger partial charge < -0.3 is 19.5 Å².